The van der Waals surface area contributed by atoms with E-state index in [1.165, 1.54) is 0 Å². The van der Waals surface area contributed by atoms with E-state index in [0.717, 1.165) is 46.9 Å². The average Bonchev–Trinajstić information content (AvgIpc) is 3.43. The fourth-order valence-corrected chi connectivity index (χ4v) is 4.26. The van der Waals surface area contributed by atoms with Gasteiger partial charge in [0.15, 0.2) is 6.29 Å². The molecular formula is C24H20ClN5O3. The van der Waals surface area contributed by atoms with E-state index in [4.69, 9.17) is 16.3 Å². The summed E-state index contributed by atoms with van der Waals surface area (Å²) >= 11 is 6.42. The van der Waals surface area contributed by atoms with E-state index in [9.17, 15) is 9.59 Å². The second-order valence-corrected chi connectivity index (χ2v) is 8.09. The lowest BCUT2D eigenvalue weighted by Gasteiger charge is -2.19. The molecule has 2 aromatic heterocycles. The van der Waals surface area contributed by atoms with Crippen molar-refractivity contribution >= 4 is 46.1 Å². The van der Waals surface area contributed by atoms with Crippen molar-refractivity contribution in [1.29, 1.82) is 0 Å². The summed E-state index contributed by atoms with van der Waals surface area (Å²) < 4.78 is 5.22. The number of fused-ring (bicyclic) bond motifs is 2. The molecule has 0 spiro atoms. The van der Waals surface area contributed by atoms with Crippen molar-refractivity contribution in [2.75, 3.05) is 23.9 Å². The molecule has 0 radical (unpaired) electrons. The third-order valence-corrected chi connectivity index (χ3v) is 6.01. The SMILES string of the molecule is COc1ccc(CN2CCc3c(Cl)nc(C(=O)Nc4ccc5c(C=O)[nH]cc5c4)nc32)cc1. The molecule has 0 fully saturated rings. The molecule has 0 saturated heterocycles. The highest BCUT2D eigenvalue weighted by Crippen LogP contribution is 2.32. The van der Waals surface area contributed by atoms with Gasteiger partial charge in [0.1, 0.15) is 16.7 Å². The van der Waals surface area contributed by atoms with Crippen LogP contribution in [0.25, 0.3) is 10.8 Å². The molecule has 1 aliphatic heterocycles. The molecule has 9 heteroatoms. The number of hydrogen-bond donors (Lipinski definition) is 2. The Hall–Kier alpha value is -3.91. The highest BCUT2D eigenvalue weighted by Gasteiger charge is 2.27. The molecule has 0 aliphatic carbocycles. The number of carbonyl (C=O) groups excluding carboxylic acids is 2. The van der Waals surface area contributed by atoms with Crippen LogP contribution in [0.3, 0.4) is 0 Å². The smallest absolute Gasteiger partial charge is 0.293 e. The van der Waals surface area contributed by atoms with Crippen LogP contribution in [0.5, 0.6) is 5.75 Å². The van der Waals surface area contributed by atoms with Crippen LogP contribution in [0.1, 0.15) is 32.2 Å². The van der Waals surface area contributed by atoms with Gasteiger partial charge in [-0.05, 0) is 36.2 Å². The maximum absolute atomic E-state index is 12.9. The first kappa shape index (κ1) is 21.0. The van der Waals surface area contributed by atoms with Gasteiger partial charge in [-0.25, -0.2) is 9.97 Å². The number of aldehydes is 1. The number of nitrogens with one attached hydrogen (secondary N) is 2. The second kappa shape index (κ2) is 8.55. The fraction of sp³-hybridized carbons (Fsp3) is 0.167. The number of anilines is 2. The van der Waals surface area contributed by atoms with Gasteiger partial charge in [0.05, 0.1) is 12.8 Å². The molecule has 0 bridgehead atoms. The van der Waals surface area contributed by atoms with Crippen molar-refractivity contribution in [3.63, 3.8) is 0 Å². The number of rotatable bonds is 6. The van der Waals surface area contributed by atoms with E-state index in [1.54, 1.807) is 31.5 Å². The number of carbonyl (C=O) groups is 2. The van der Waals surface area contributed by atoms with Crippen LogP contribution in [0.15, 0.2) is 48.7 Å². The summed E-state index contributed by atoms with van der Waals surface area (Å²) in [4.78, 5) is 37.8. The Morgan fingerprint density at radius 3 is 2.82 bits per heavy atom. The van der Waals surface area contributed by atoms with Crippen LogP contribution in [0, 0.1) is 0 Å². The van der Waals surface area contributed by atoms with Crippen molar-refractivity contribution in [1.82, 2.24) is 15.0 Å². The zero-order valence-corrected chi connectivity index (χ0v) is 18.5. The van der Waals surface area contributed by atoms with Crippen LogP contribution in [0.4, 0.5) is 11.5 Å². The van der Waals surface area contributed by atoms with Crippen LogP contribution < -0.4 is 15.0 Å². The Morgan fingerprint density at radius 2 is 2.06 bits per heavy atom. The van der Waals surface area contributed by atoms with Crippen LogP contribution in [0.2, 0.25) is 5.15 Å². The number of halogens is 1. The number of hydrogen-bond acceptors (Lipinski definition) is 6. The van der Waals surface area contributed by atoms with Gasteiger partial charge >= 0.3 is 0 Å². The van der Waals surface area contributed by atoms with Gasteiger partial charge < -0.3 is 19.9 Å². The van der Waals surface area contributed by atoms with Gasteiger partial charge in [0.2, 0.25) is 5.82 Å². The number of aromatic amines is 1. The Morgan fingerprint density at radius 1 is 1.24 bits per heavy atom. The molecule has 1 amide bonds. The number of benzene rings is 2. The van der Waals surface area contributed by atoms with E-state index in [0.29, 0.717) is 28.9 Å². The van der Waals surface area contributed by atoms with Crippen molar-refractivity contribution in [3.05, 3.63) is 76.5 Å². The number of ether oxygens (including phenoxy) is 1. The lowest BCUT2D eigenvalue weighted by molar-refractivity contribution is 0.101. The van der Waals surface area contributed by atoms with Gasteiger partial charge in [-0.3, -0.25) is 9.59 Å². The number of amides is 1. The van der Waals surface area contributed by atoms with Gasteiger partial charge in [0.25, 0.3) is 5.91 Å². The lowest BCUT2D eigenvalue weighted by atomic mass is 10.1. The minimum atomic E-state index is -0.457. The lowest BCUT2D eigenvalue weighted by Crippen LogP contribution is -2.22. The summed E-state index contributed by atoms with van der Waals surface area (Å²) in [5, 5.41) is 4.71. The van der Waals surface area contributed by atoms with Crippen LogP contribution >= 0.6 is 11.6 Å². The molecule has 3 heterocycles. The summed E-state index contributed by atoms with van der Waals surface area (Å²) in [6.45, 7) is 1.37. The Kier molecular flexibility index (Phi) is 5.43. The third-order valence-electron chi connectivity index (χ3n) is 5.70. The first-order valence-corrected chi connectivity index (χ1v) is 10.8. The van der Waals surface area contributed by atoms with Gasteiger partial charge in [-0.2, -0.15) is 0 Å². The first-order valence-electron chi connectivity index (χ1n) is 10.4. The molecule has 0 saturated carbocycles. The largest absolute Gasteiger partial charge is 0.497 e. The minimum absolute atomic E-state index is 0.00290. The summed E-state index contributed by atoms with van der Waals surface area (Å²) in [7, 11) is 1.63. The second-order valence-electron chi connectivity index (χ2n) is 7.74. The maximum Gasteiger partial charge on any atom is 0.293 e. The fourth-order valence-electron chi connectivity index (χ4n) is 4.00. The quantitative estimate of drug-likeness (QED) is 0.329. The standard InChI is InChI=1S/C24H20ClN5O3/c1-33-17-5-2-14(3-6-17)12-30-9-8-19-21(25)28-22(29-23(19)30)24(32)27-16-4-7-18-15(10-16)11-26-20(18)13-31/h2-7,10-11,13,26H,8-9,12H2,1H3,(H,27,32). The van der Waals surface area contributed by atoms with Gasteiger partial charge in [-0.15, -0.1) is 0 Å². The van der Waals surface area contributed by atoms with Crippen molar-refractivity contribution in [2.24, 2.45) is 0 Å². The monoisotopic (exact) mass is 461 g/mol. The Bertz CT molecular complexity index is 1370. The van der Waals surface area contributed by atoms with Crippen LogP contribution in [-0.2, 0) is 13.0 Å². The Labute approximate surface area is 194 Å². The van der Waals surface area contributed by atoms with Crippen molar-refractivity contribution in [3.8, 4) is 5.75 Å². The van der Waals surface area contributed by atoms with Crippen molar-refractivity contribution in [2.45, 2.75) is 13.0 Å². The number of aromatic nitrogens is 3. The molecule has 33 heavy (non-hydrogen) atoms. The number of nitrogens with zero attached hydrogens (tertiary/aromatic N) is 3. The summed E-state index contributed by atoms with van der Waals surface area (Å²) in [6.07, 6.45) is 3.20. The first-order chi connectivity index (χ1) is 16.1. The highest BCUT2D eigenvalue weighted by atomic mass is 35.5. The predicted molar refractivity (Wildman–Crippen MR) is 126 cm³/mol. The third kappa shape index (κ3) is 4.01. The van der Waals surface area contributed by atoms with Crippen molar-refractivity contribution < 1.29 is 14.3 Å². The molecule has 0 atom stereocenters. The molecule has 8 nitrogen and oxygen atoms in total. The Balaban J connectivity index is 1.38. The normalized spacial score (nSPS) is 12.6. The van der Waals surface area contributed by atoms with Crippen LogP contribution in [-0.4, -0.2) is 40.8 Å². The topological polar surface area (TPSA) is 100 Å². The average molecular weight is 462 g/mol. The molecule has 2 N–H and O–H groups in total. The summed E-state index contributed by atoms with van der Waals surface area (Å²) in [5.74, 6) is 1.02. The van der Waals surface area contributed by atoms with E-state index >= 15 is 0 Å². The number of H-pyrrole nitrogens is 1. The van der Waals surface area contributed by atoms with E-state index < -0.39 is 5.91 Å². The maximum atomic E-state index is 12.9. The number of methoxy groups -OCH3 is 1. The van der Waals surface area contributed by atoms with Gasteiger partial charge in [0, 0.05) is 41.3 Å². The van der Waals surface area contributed by atoms with Gasteiger partial charge in [-0.1, -0.05) is 29.8 Å². The zero-order chi connectivity index (χ0) is 22.9. The summed E-state index contributed by atoms with van der Waals surface area (Å²) in [5.41, 5.74) is 3.00. The molecule has 1 aliphatic rings. The molecule has 4 aromatic rings. The molecular weight excluding hydrogens is 442 g/mol. The van der Waals surface area contributed by atoms with E-state index in [2.05, 4.69) is 25.2 Å². The van der Waals surface area contributed by atoms with E-state index in [1.807, 2.05) is 24.3 Å². The summed E-state index contributed by atoms with van der Waals surface area (Å²) in [6, 6.07) is 13.1. The molecule has 0 unspecified atom stereocenters. The zero-order valence-electron chi connectivity index (χ0n) is 17.8. The molecule has 2 aromatic carbocycles. The molecule has 166 valence electrons. The predicted octanol–water partition coefficient (Wildman–Crippen LogP) is 4.25. The highest BCUT2D eigenvalue weighted by molar-refractivity contribution is 6.30. The molecule has 5 rings (SSSR count). The van der Waals surface area contributed by atoms with E-state index in [-0.39, 0.29) is 5.82 Å². The minimum Gasteiger partial charge on any atom is -0.497 e.